The third-order valence-electron chi connectivity index (χ3n) is 10.2. The molecule has 0 aliphatic rings. The molecule has 0 bridgehead atoms. The molecule has 59 heavy (non-hydrogen) atoms. The van der Waals surface area contributed by atoms with Gasteiger partial charge in [-0.2, -0.15) is 0 Å². The Kier molecular flexibility index (Phi) is 45.0. The minimum absolute atomic E-state index is 0.0814. The molecule has 0 radical (unpaired) electrons. The molecule has 0 amide bonds. The van der Waals surface area contributed by atoms with E-state index in [0.717, 1.165) is 116 Å². The Morgan fingerprint density at radius 2 is 0.678 bits per heavy atom. The number of unbranched alkanes of at least 4 members (excludes halogenated alkanes) is 20. The Bertz CT molecular complexity index is 1130. The Hall–Kier alpha value is -3.15. The quantitative estimate of drug-likeness (QED) is 0.0264. The van der Waals surface area contributed by atoms with E-state index in [2.05, 4.69) is 93.7 Å². The van der Waals surface area contributed by atoms with Crippen molar-refractivity contribution in [3.05, 3.63) is 72.9 Å². The van der Waals surface area contributed by atoms with Gasteiger partial charge in [-0.05, 0) is 83.5 Å². The first kappa shape index (κ1) is 55.9. The van der Waals surface area contributed by atoms with E-state index >= 15 is 0 Å². The zero-order chi connectivity index (χ0) is 43.0. The van der Waals surface area contributed by atoms with Gasteiger partial charge in [0, 0.05) is 19.3 Å². The summed E-state index contributed by atoms with van der Waals surface area (Å²) in [6.45, 7) is 6.38. The van der Waals surface area contributed by atoms with Crippen LogP contribution in [-0.2, 0) is 28.6 Å². The standard InChI is InChI=1S/C53H90O6/c1-4-7-10-13-15-17-19-20-21-22-23-24-25-26-27-28-29-30-31-32-34-35-37-40-43-46-52(55)58-49-50(48-57-51(54)45-42-39-12-9-6-3)59-53(56)47-44-41-38-36-33-18-16-14-11-8-5-2/h7,10,14-17,20-21,23-24,26-27,50H,4-6,8-9,11-13,18-19,22,25,28-49H2,1-3H3/b10-7-,16-14-,17-15-,21-20-,24-23-,27-26-. The summed E-state index contributed by atoms with van der Waals surface area (Å²) >= 11 is 0. The van der Waals surface area contributed by atoms with E-state index in [1.165, 1.54) is 70.6 Å². The molecule has 0 saturated carbocycles. The Morgan fingerprint density at radius 1 is 0.356 bits per heavy atom. The summed E-state index contributed by atoms with van der Waals surface area (Å²) in [5.41, 5.74) is 0. The van der Waals surface area contributed by atoms with Crippen LogP contribution < -0.4 is 0 Å². The van der Waals surface area contributed by atoms with Crippen LogP contribution in [0.2, 0.25) is 0 Å². The summed E-state index contributed by atoms with van der Waals surface area (Å²) in [6.07, 6.45) is 59.3. The number of rotatable bonds is 43. The van der Waals surface area contributed by atoms with Crippen molar-refractivity contribution in [2.24, 2.45) is 0 Å². The predicted molar refractivity (Wildman–Crippen MR) is 251 cm³/mol. The first-order valence-electron chi connectivity index (χ1n) is 24.4. The normalized spacial score (nSPS) is 12.7. The largest absolute Gasteiger partial charge is 0.462 e. The van der Waals surface area contributed by atoms with Crippen LogP contribution in [0.15, 0.2) is 72.9 Å². The highest BCUT2D eigenvalue weighted by Gasteiger charge is 2.19. The van der Waals surface area contributed by atoms with Crippen molar-refractivity contribution in [3.63, 3.8) is 0 Å². The molecule has 0 spiro atoms. The summed E-state index contributed by atoms with van der Waals surface area (Å²) in [5.74, 6) is -0.915. The van der Waals surface area contributed by atoms with Crippen LogP contribution in [0, 0.1) is 0 Å². The maximum absolute atomic E-state index is 12.6. The number of hydrogen-bond acceptors (Lipinski definition) is 6. The summed E-state index contributed by atoms with van der Waals surface area (Å²) in [5, 5.41) is 0. The Balaban J connectivity index is 4.11. The van der Waals surface area contributed by atoms with Gasteiger partial charge in [0.15, 0.2) is 6.10 Å². The molecule has 0 saturated heterocycles. The molecule has 1 atom stereocenters. The number of carbonyl (C=O) groups excluding carboxylic acids is 3. The predicted octanol–water partition coefficient (Wildman–Crippen LogP) is 15.9. The van der Waals surface area contributed by atoms with E-state index in [4.69, 9.17) is 14.2 Å². The summed E-state index contributed by atoms with van der Waals surface area (Å²) in [7, 11) is 0. The monoisotopic (exact) mass is 823 g/mol. The highest BCUT2D eigenvalue weighted by molar-refractivity contribution is 5.71. The van der Waals surface area contributed by atoms with E-state index in [9.17, 15) is 14.4 Å². The zero-order valence-electron chi connectivity index (χ0n) is 38.5. The van der Waals surface area contributed by atoms with E-state index in [1.54, 1.807) is 0 Å². The second-order valence-corrected chi connectivity index (χ2v) is 16.0. The van der Waals surface area contributed by atoms with Gasteiger partial charge in [0.2, 0.25) is 0 Å². The minimum atomic E-state index is -0.776. The number of ether oxygens (including phenoxy) is 3. The van der Waals surface area contributed by atoms with Crippen molar-refractivity contribution in [2.45, 2.75) is 232 Å². The minimum Gasteiger partial charge on any atom is -0.462 e. The van der Waals surface area contributed by atoms with E-state index in [-0.39, 0.29) is 31.1 Å². The second kappa shape index (κ2) is 47.5. The van der Waals surface area contributed by atoms with Crippen LogP contribution in [0.5, 0.6) is 0 Å². The van der Waals surface area contributed by atoms with E-state index < -0.39 is 6.10 Å². The molecular formula is C53H90O6. The van der Waals surface area contributed by atoms with Crippen LogP contribution >= 0.6 is 0 Å². The van der Waals surface area contributed by atoms with Gasteiger partial charge in [-0.25, -0.2) is 0 Å². The van der Waals surface area contributed by atoms with Gasteiger partial charge >= 0.3 is 17.9 Å². The SMILES string of the molecule is CC/C=C\C/C=C\C/C=C\C/C=C\C/C=C\CCCCCCCCCCCC(=O)OCC(COC(=O)CCCCCCC)OC(=O)CCCCCCC/C=C\CCCC. The van der Waals surface area contributed by atoms with E-state index in [1.807, 2.05) is 0 Å². The number of carbonyl (C=O) groups is 3. The third kappa shape index (κ3) is 45.8. The maximum Gasteiger partial charge on any atom is 0.306 e. The van der Waals surface area contributed by atoms with Crippen molar-refractivity contribution < 1.29 is 28.6 Å². The summed E-state index contributed by atoms with van der Waals surface area (Å²) in [6, 6.07) is 0. The topological polar surface area (TPSA) is 78.9 Å². The molecule has 338 valence electrons. The first-order valence-corrected chi connectivity index (χ1v) is 24.4. The highest BCUT2D eigenvalue weighted by Crippen LogP contribution is 2.14. The third-order valence-corrected chi connectivity index (χ3v) is 10.2. The first-order chi connectivity index (χ1) is 29.0. The van der Waals surface area contributed by atoms with Crippen molar-refractivity contribution in [3.8, 4) is 0 Å². The molecule has 0 heterocycles. The molecule has 6 heteroatoms. The van der Waals surface area contributed by atoms with Crippen molar-refractivity contribution in [1.82, 2.24) is 0 Å². The average molecular weight is 823 g/mol. The fourth-order valence-corrected chi connectivity index (χ4v) is 6.51. The van der Waals surface area contributed by atoms with Crippen molar-refractivity contribution in [2.75, 3.05) is 13.2 Å². The van der Waals surface area contributed by atoms with Crippen LogP contribution in [0.25, 0.3) is 0 Å². The van der Waals surface area contributed by atoms with E-state index in [0.29, 0.717) is 19.3 Å². The Labute approximate surface area is 363 Å². The number of allylic oxidation sites excluding steroid dienone is 12. The number of esters is 3. The second-order valence-electron chi connectivity index (χ2n) is 16.0. The van der Waals surface area contributed by atoms with Gasteiger partial charge in [0.25, 0.3) is 0 Å². The zero-order valence-corrected chi connectivity index (χ0v) is 38.5. The average Bonchev–Trinajstić information content (AvgIpc) is 3.23. The molecule has 1 unspecified atom stereocenters. The lowest BCUT2D eigenvalue weighted by molar-refractivity contribution is -0.167. The van der Waals surface area contributed by atoms with Crippen LogP contribution in [0.4, 0.5) is 0 Å². The highest BCUT2D eigenvalue weighted by atomic mass is 16.6. The fourth-order valence-electron chi connectivity index (χ4n) is 6.51. The molecule has 0 aromatic heterocycles. The van der Waals surface area contributed by atoms with Crippen LogP contribution in [0.1, 0.15) is 226 Å². The number of hydrogen-bond donors (Lipinski definition) is 0. The molecule has 0 aliphatic heterocycles. The lowest BCUT2D eigenvalue weighted by Crippen LogP contribution is -2.30. The smallest absolute Gasteiger partial charge is 0.306 e. The molecule has 6 nitrogen and oxygen atoms in total. The maximum atomic E-state index is 12.6. The van der Waals surface area contributed by atoms with Crippen LogP contribution in [-0.4, -0.2) is 37.2 Å². The molecule has 0 aromatic rings. The van der Waals surface area contributed by atoms with Gasteiger partial charge in [0.1, 0.15) is 13.2 Å². The van der Waals surface area contributed by atoms with Gasteiger partial charge in [-0.1, -0.05) is 196 Å². The molecular weight excluding hydrogens is 733 g/mol. The van der Waals surface area contributed by atoms with Gasteiger partial charge < -0.3 is 14.2 Å². The Morgan fingerprint density at radius 3 is 1.10 bits per heavy atom. The molecule has 0 N–H and O–H groups in total. The van der Waals surface area contributed by atoms with Gasteiger partial charge in [-0.15, -0.1) is 0 Å². The molecule has 0 aliphatic carbocycles. The lowest BCUT2D eigenvalue weighted by Gasteiger charge is -2.18. The van der Waals surface area contributed by atoms with Crippen molar-refractivity contribution >= 4 is 17.9 Å². The molecule has 0 rings (SSSR count). The summed E-state index contributed by atoms with van der Waals surface area (Å²) < 4.78 is 16.6. The van der Waals surface area contributed by atoms with Crippen LogP contribution in [0.3, 0.4) is 0 Å². The van der Waals surface area contributed by atoms with Crippen molar-refractivity contribution in [1.29, 1.82) is 0 Å². The van der Waals surface area contributed by atoms with Gasteiger partial charge in [0.05, 0.1) is 0 Å². The fraction of sp³-hybridized carbons (Fsp3) is 0.717. The molecule has 0 fully saturated rings. The van der Waals surface area contributed by atoms with Gasteiger partial charge in [-0.3, -0.25) is 14.4 Å². The lowest BCUT2D eigenvalue weighted by atomic mass is 10.1. The molecule has 0 aromatic carbocycles. The summed E-state index contributed by atoms with van der Waals surface area (Å²) in [4.78, 5) is 37.5.